The first kappa shape index (κ1) is 35.6. The Hall–Kier alpha value is -2.41. The molecule has 1 aromatic rings. The minimum atomic E-state index is -6.43. The van der Waals surface area contributed by atoms with Gasteiger partial charge in [0.1, 0.15) is 5.60 Å². The Labute approximate surface area is 226 Å². The summed E-state index contributed by atoms with van der Waals surface area (Å²) in [5.74, 6) is -13.7. The second-order valence-corrected chi connectivity index (χ2v) is 11.0. The summed E-state index contributed by atoms with van der Waals surface area (Å²) in [6.45, 7) is 1.18. The van der Waals surface area contributed by atoms with E-state index in [-0.39, 0.29) is 24.3 Å². The molecule has 1 amide bonds. The van der Waals surface area contributed by atoms with Crippen LogP contribution in [0.25, 0.3) is 0 Å². The van der Waals surface area contributed by atoms with E-state index in [1.807, 2.05) is 0 Å². The van der Waals surface area contributed by atoms with Crippen LogP contribution in [0.3, 0.4) is 0 Å². The molecule has 0 spiro atoms. The minimum absolute atomic E-state index is 0.0397. The lowest BCUT2D eigenvalue weighted by Gasteiger charge is -2.27. The van der Waals surface area contributed by atoms with Crippen molar-refractivity contribution in [3.05, 3.63) is 29.3 Å². The van der Waals surface area contributed by atoms with Crippen molar-refractivity contribution in [2.45, 2.75) is 88.1 Å². The Balaban J connectivity index is 2.36. The topological polar surface area (TPSA) is 90.2 Å². The molecule has 1 aromatic carbocycles. The number of carbonyl (C=O) groups excluding carboxylic acids is 1. The summed E-state index contributed by atoms with van der Waals surface area (Å²) in [6, 6.07) is 3.98. The van der Waals surface area contributed by atoms with Crippen molar-refractivity contribution in [1.82, 2.24) is 0 Å². The number of rotatable bonds is 15. The lowest BCUT2D eigenvalue weighted by Crippen LogP contribution is -2.52. The van der Waals surface area contributed by atoms with Gasteiger partial charge in [0.2, 0.25) is 0 Å². The number of aliphatic hydroxyl groups is 1. The van der Waals surface area contributed by atoms with Crippen LogP contribution in [0.1, 0.15) is 69.4 Å². The van der Waals surface area contributed by atoms with Crippen LogP contribution in [0, 0.1) is 11.3 Å². The van der Waals surface area contributed by atoms with E-state index in [4.69, 9.17) is 5.26 Å². The molecule has 0 fully saturated rings. The predicted molar refractivity (Wildman–Crippen MR) is 126 cm³/mol. The van der Waals surface area contributed by atoms with E-state index in [1.165, 1.54) is 13.0 Å². The van der Waals surface area contributed by atoms with Gasteiger partial charge in [0.05, 0.1) is 17.2 Å². The van der Waals surface area contributed by atoms with Gasteiger partial charge in [-0.2, -0.15) is 49.2 Å². The van der Waals surface area contributed by atoms with Crippen LogP contribution in [0.15, 0.2) is 18.2 Å². The molecule has 0 bridgehead atoms. The van der Waals surface area contributed by atoms with Gasteiger partial charge in [-0.15, -0.1) is 0 Å². The van der Waals surface area contributed by atoms with Crippen molar-refractivity contribution in [3.63, 3.8) is 0 Å². The standard InChI is InChI=1S/C24H28F10N2O3S/c1-20(38,19(37)36-17-9-8-16(15-35)18(14-17)22(27,28)29)10-6-4-2-3-5-7-12-40(39)13-11-21(25,26)23(30,31)24(32,33)34/h8-9,14,38H,2-7,10-13H2,1H3,(H,36,37). The van der Waals surface area contributed by atoms with E-state index in [0.29, 0.717) is 38.2 Å². The Morgan fingerprint density at radius 1 is 0.900 bits per heavy atom. The number of benzene rings is 1. The van der Waals surface area contributed by atoms with Crippen molar-refractivity contribution >= 4 is 22.4 Å². The molecule has 5 nitrogen and oxygen atoms in total. The second kappa shape index (κ2) is 14.0. The maximum atomic E-state index is 13.3. The number of carbonyl (C=O) groups is 1. The number of halogens is 10. The Morgan fingerprint density at radius 2 is 1.45 bits per heavy atom. The molecule has 2 N–H and O–H groups in total. The van der Waals surface area contributed by atoms with E-state index in [1.54, 1.807) is 0 Å². The zero-order valence-corrected chi connectivity index (χ0v) is 22.0. The van der Waals surface area contributed by atoms with Crippen LogP contribution >= 0.6 is 0 Å². The molecule has 0 saturated heterocycles. The molecule has 0 aliphatic rings. The molecule has 0 aromatic heterocycles. The third-order valence-corrected chi connectivity index (χ3v) is 7.34. The van der Waals surface area contributed by atoms with Gasteiger partial charge in [-0.05, 0) is 38.0 Å². The Kier molecular flexibility index (Phi) is 12.4. The van der Waals surface area contributed by atoms with Crippen LogP contribution in [0.2, 0.25) is 0 Å². The number of alkyl halides is 10. The maximum Gasteiger partial charge on any atom is 0.459 e. The number of hydrogen-bond donors (Lipinski definition) is 2. The molecule has 40 heavy (non-hydrogen) atoms. The fourth-order valence-electron chi connectivity index (χ4n) is 3.48. The molecule has 0 saturated carbocycles. The number of hydrogen-bond acceptors (Lipinski definition) is 4. The quantitative estimate of drug-likeness (QED) is 0.165. The number of nitrogens with one attached hydrogen (secondary N) is 1. The second-order valence-electron chi connectivity index (χ2n) is 9.34. The molecule has 0 aliphatic carbocycles. The maximum absolute atomic E-state index is 13.3. The van der Waals surface area contributed by atoms with Gasteiger partial charge in [0.25, 0.3) is 5.91 Å². The molecule has 16 heteroatoms. The van der Waals surface area contributed by atoms with Gasteiger partial charge in [0.15, 0.2) is 0 Å². The number of unbranched alkanes of at least 4 members (excludes halogenated alkanes) is 5. The molecular formula is C24H28F10N2O3S. The number of amides is 1. The summed E-state index contributed by atoms with van der Waals surface area (Å²) in [7, 11) is -2.02. The molecule has 0 radical (unpaired) electrons. The zero-order valence-electron chi connectivity index (χ0n) is 21.2. The van der Waals surface area contributed by atoms with Crippen molar-refractivity contribution in [1.29, 1.82) is 5.26 Å². The normalized spacial score (nSPS) is 15.3. The predicted octanol–water partition coefficient (Wildman–Crippen LogP) is 6.97. The van der Waals surface area contributed by atoms with Crippen LogP contribution in [0.4, 0.5) is 49.6 Å². The van der Waals surface area contributed by atoms with E-state index in [9.17, 15) is 58.0 Å². The first-order chi connectivity index (χ1) is 18.2. The smallest absolute Gasteiger partial charge is 0.380 e. The lowest BCUT2D eigenvalue weighted by atomic mass is 9.96. The van der Waals surface area contributed by atoms with Gasteiger partial charge >= 0.3 is 24.2 Å². The SMILES string of the molecule is CC(O)(CCCCCCCCS(=O)CCC(F)(F)C(F)(F)C(F)(F)F)C(=O)Nc1ccc(C#N)c(C(F)(F)F)c1. The van der Waals surface area contributed by atoms with Crippen molar-refractivity contribution in [3.8, 4) is 6.07 Å². The summed E-state index contributed by atoms with van der Waals surface area (Å²) >= 11 is 0. The lowest BCUT2D eigenvalue weighted by molar-refractivity contribution is -0.354. The summed E-state index contributed by atoms with van der Waals surface area (Å²) < 4.78 is 139. The van der Waals surface area contributed by atoms with Crippen LogP contribution in [-0.2, 0) is 21.8 Å². The molecule has 228 valence electrons. The number of anilines is 1. The highest BCUT2D eigenvalue weighted by atomic mass is 32.2. The molecular weight excluding hydrogens is 586 g/mol. The third kappa shape index (κ3) is 10.2. The molecule has 1 rings (SSSR count). The first-order valence-corrected chi connectivity index (χ1v) is 13.5. The van der Waals surface area contributed by atoms with Gasteiger partial charge in [-0.25, -0.2) is 0 Å². The molecule has 2 unspecified atom stereocenters. The largest absolute Gasteiger partial charge is 0.459 e. The summed E-state index contributed by atoms with van der Waals surface area (Å²) in [5.41, 5.74) is -4.05. The number of nitrogens with zero attached hydrogens (tertiary/aromatic N) is 1. The third-order valence-electron chi connectivity index (χ3n) is 5.94. The Bertz CT molecular complexity index is 1070. The van der Waals surface area contributed by atoms with Gasteiger partial charge in [-0.3, -0.25) is 9.00 Å². The van der Waals surface area contributed by atoms with E-state index in [0.717, 1.165) is 12.1 Å². The van der Waals surface area contributed by atoms with Crippen LogP contribution in [-0.4, -0.2) is 50.4 Å². The van der Waals surface area contributed by atoms with Gasteiger partial charge < -0.3 is 10.4 Å². The highest BCUT2D eigenvalue weighted by molar-refractivity contribution is 7.84. The van der Waals surface area contributed by atoms with Crippen molar-refractivity contribution < 1.29 is 58.0 Å². The van der Waals surface area contributed by atoms with Crippen LogP contribution in [0.5, 0.6) is 0 Å². The first-order valence-electron chi connectivity index (χ1n) is 12.0. The average molecular weight is 615 g/mol. The summed E-state index contributed by atoms with van der Waals surface area (Å²) in [4.78, 5) is 12.4. The highest BCUT2D eigenvalue weighted by Gasteiger charge is 2.72. The Morgan fingerprint density at radius 3 is 1.98 bits per heavy atom. The van der Waals surface area contributed by atoms with E-state index >= 15 is 0 Å². The molecule has 0 heterocycles. The van der Waals surface area contributed by atoms with Crippen molar-refractivity contribution in [2.75, 3.05) is 16.8 Å². The highest BCUT2D eigenvalue weighted by Crippen LogP contribution is 2.48. The minimum Gasteiger partial charge on any atom is -0.380 e. The van der Waals surface area contributed by atoms with Crippen molar-refractivity contribution in [2.24, 2.45) is 0 Å². The average Bonchev–Trinajstić information content (AvgIpc) is 2.83. The number of nitriles is 1. The summed E-state index contributed by atoms with van der Waals surface area (Å²) in [5, 5.41) is 21.4. The van der Waals surface area contributed by atoms with Gasteiger partial charge in [0, 0.05) is 34.4 Å². The van der Waals surface area contributed by atoms with Gasteiger partial charge in [-0.1, -0.05) is 32.1 Å². The fraction of sp³-hybridized carbons (Fsp3) is 0.667. The summed E-state index contributed by atoms with van der Waals surface area (Å²) in [6.07, 6.45) is -10.5. The van der Waals surface area contributed by atoms with E-state index in [2.05, 4.69) is 5.32 Å². The van der Waals surface area contributed by atoms with E-state index < -0.39 is 69.8 Å². The van der Waals surface area contributed by atoms with Crippen LogP contribution < -0.4 is 5.32 Å². The molecule has 0 aliphatic heterocycles. The molecule has 2 atom stereocenters. The fourth-order valence-corrected chi connectivity index (χ4v) is 4.70. The zero-order chi connectivity index (χ0) is 31.0. The monoisotopic (exact) mass is 614 g/mol.